The number of fused-ring (bicyclic) bond motifs is 1. The van der Waals surface area contributed by atoms with Gasteiger partial charge in [-0.1, -0.05) is 52.0 Å². The third-order valence-corrected chi connectivity index (χ3v) is 6.26. The number of aryl methyl sites for hydroxylation is 1. The van der Waals surface area contributed by atoms with E-state index in [4.69, 9.17) is 5.11 Å². The highest BCUT2D eigenvalue weighted by molar-refractivity contribution is 5.90. The summed E-state index contributed by atoms with van der Waals surface area (Å²) < 4.78 is 0. The van der Waals surface area contributed by atoms with E-state index in [1.165, 1.54) is 23.3 Å². The van der Waals surface area contributed by atoms with Crippen molar-refractivity contribution >= 4 is 5.97 Å². The first-order valence-corrected chi connectivity index (χ1v) is 9.89. The van der Waals surface area contributed by atoms with Crippen molar-refractivity contribution in [2.75, 3.05) is 0 Å². The summed E-state index contributed by atoms with van der Waals surface area (Å²) in [6, 6.07) is 10.9. The summed E-state index contributed by atoms with van der Waals surface area (Å²) in [5, 5.41) is 29.6. The van der Waals surface area contributed by atoms with Gasteiger partial charge in [0, 0.05) is 0 Å². The van der Waals surface area contributed by atoms with Crippen LogP contribution in [-0.4, -0.2) is 21.3 Å². The number of carboxylic acids is 1. The lowest BCUT2D eigenvalue weighted by atomic mass is 9.63. The molecule has 0 spiro atoms. The SMILES string of the molecule is CC1(C)CCC(C)(C)c2cc(C(O)CCc3ccc(C(=O)O)c(O)c3)ccc21. The maximum atomic E-state index is 11.0. The van der Waals surface area contributed by atoms with Gasteiger partial charge < -0.3 is 15.3 Å². The zero-order valence-corrected chi connectivity index (χ0v) is 17.1. The summed E-state index contributed by atoms with van der Waals surface area (Å²) >= 11 is 0. The summed E-state index contributed by atoms with van der Waals surface area (Å²) in [4.78, 5) is 11.0. The second kappa shape index (κ2) is 7.25. The van der Waals surface area contributed by atoms with Crippen molar-refractivity contribution < 1.29 is 20.1 Å². The standard InChI is InChI=1S/C24H30O4/c1-23(2)11-12-24(3,4)19-14-16(7-9-18(19)23)20(25)10-6-15-5-8-17(22(27)28)21(26)13-15/h5,7-9,13-14,20,25-26H,6,10-12H2,1-4H3,(H,27,28). The second-order valence-electron chi connectivity index (χ2n) is 9.28. The number of carbonyl (C=O) groups is 1. The number of benzene rings is 2. The highest BCUT2D eigenvalue weighted by atomic mass is 16.4. The Morgan fingerprint density at radius 2 is 1.64 bits per heavy atom. The van der Waals surface area contributed by atoms with E-state index >= 15 is 0 Å². The summed E-state index contributed by atoms with van der Waals surface area (Å²) in [6.07, 6.45) is 2.74. The zero-order valence-electron chi connectivity index (χ0n) is 17.1. The molecule has 1 atom stereocenters. The number of aliphatic hydroxyl groups is 1. The van der Waals surface area contributed by atoms with Gasteiger partial charge in [-0.3, -0.25) is 0 Å². The van der Waals surface area contributed by atoms with E-state index in [-0.39, 0.29) is 22.1 Å². The van der Waals surface area contributed by atoms with Crippen LogP contribution in [0.4, 0.5) is 0 Å². The van der Waals surface area contributed by atoms with Crippen LogP contribution in [0.15, 0.2) is 36.4 Å². The van der Waals surface area contributed by atoms with Crippen LogP contribution in [0.2, 0.25) is 0 Å². The Bertz CT molecular complexity index is 895. The molecular weight excluding hydrogens is 352 g/mol. The molecule has 2 aromatic rings. The number of carboxylic acid groups (broad SMARTS) is 1. The predicted molar refractivity (Wildman–Crippen MR) is 110 cm³/mol. The maximum absolute atomic E-state index is 11.0. The van der Waals surface area contributed by atoms with Crippen LogP contribution in [0.1, 0.15) is 85.7 Å². The van der Waals surface area contributed by atoms with Gasteiger partial charge in [-0.2, -0.15) is 0 Å². The molecule has 0 heterocycles. The Morgan fingerprint density at radius 3 is 2.25 bits per heavy atom. The van der Waals surface area contributed by atoms with Crippen LogP contribution < -0.4 is 0 Å². The normalized spacial score (nSPS) is 18.3. The van der Waals surface area contributed by atoms with E-state index in [1.807, 2.05) is 6.07 Å². The minimum absolute atomic E-state index is 0.0963. The molecule has 28 heavy (non-hydrogen) atoms. The van der Waals surface area contributed by atoms with Crippen LogP contribution in [-0.2, 0) is 17.3 Å². The van der Waals surface area contributed by atoms with Crippen molar-refractivity contribution in [3.8, 4) is 5.75 Å². The molecule has 3 rings (SSSR count). The van der Waals surface area contributed by atoms with Crippen LogP contribution in [0.3, 0.4) is 0 Å². The van der Waals surface area contributed by atoms with Crippen LogP contribution in [0.25, 0.3) is 0 Å². The molecular formula is C24H30O4. The van der Waals surface area contributed by atoms with Crippen LogP contribution in [0.5, 0.6) is 5.75 Å². The molecule has 0 aromatic heterocycles. The fraction of sp³-hybridized carbons (Fsp3) is 0.458. The Labute approximate surface area is 166 Å². The van der Waals surface area contributed by atoms with Gasteiger partial charge in [0.1, 0.15) is 11.3 Å². The van der Waals surface area contributed by atoms with Crippen molar-refractivity contribution in [3.05, 3.63) is 64.2 Å². The molecule has 4 heteroatoms. The smallest absolute Gasteiger partial charge is 0.339 e. The van der Waals surface area contributed by atoms with E-state index in [1.54, 1.807) is 6.07 Å². The molecule has 0 bridgehead atoms. The lowest BCUT2D eigenvalue weighted by Crippen LogP contribution is -2.34. The van der Waals surface area contributed by atoms with E-state index in [9.17, 15) is 15.0 Å². The van der Waals surface area contributed by atoms with Gasteiger partial charge in [0.25, 0.3) is 0 Å². The fourth-order valence-electron chi connectivity index (χ4n) is 4.20. The highest BCUT2D eigenvalue weighted by Gasteiger charge is 2.37. The maximum Gasteiger partial charge on any atom is 0.339 e. The Balaban J connectivity index is 1.78. The van der Waals surface area contributed by atoms with E-state index in [0.717, 1.165) is 24.0 Å². The minimum atomic E-state index is -1.15. The molecule has 150 valence electrons. The molecule has 4 nitrogen and oxygen atoms in total. The summed E-state index contributed by atoms with van der Waals surface area (Å²) in [5.41, 5.74) is 4.55. The molecule has 1 aliphatic rings. The Morgan fingerprint density at radius 1 is 1.00 bits per heavy atom. The third kappa shape index (κ3) is 3.93. The van der Waals surface area contributed by atoms with Gasteiger partial charge >= 0.3 is 5.97 Å². The van der Waals surface area contributed by atoms with Gasteiger partial charge in [0.15, 0.2) is 0 Å². The second-order valence-corrected chi connectivity index (χ2v) is 9.28. The number of aromatic hydroxyl groups is 1. The Hall–Kier alpha value is -2.33. The highest BCUT2D eigenvalue weighted by Crippen LogP contribution is 2.46. The monoisotopic (exact) mass is 382 g/mol. The number of phenols is 1. The predicted octanol–water partition coefficient (Wildman–Crippen LogP) is 5.11. The van der Waals surface area contributed by atoms with Crippen molar-refractivity contribution in [1.82, 2.24) is 0 Å². The van der Waals surface area contributed by atoms with Crippen molar-refractivity contribution in [3.63, 3.8) is 0 Å². The minimum Gasteiger partial charge on any atom is -0.507 e. The summed E-state index contributed by atoms with van der Waals surface area (Å²) in [6.45, 7) is 9.10. The number of rotatable bonds is 5. The molecule has 2 aromatic carbocycles. The fourth-order valence-corrected chi connectivity index (χ4v) is 4.20. The average molecular weight is 383 g/mol. The summed E-state index contributed by atoms with van der Waals surface area (Å²) in [7, 11) is 0. The summed E-state index contributed by atoms with van der Waals surface area (Å²) in [5.74, 6) is -1.39. The third-order valence-electron chi connectivity index (χ3n) is 6.26. The van der Waals surface area contributed by atoms with Crippen molar-refractivity contribution in [1.29, 1.82) is 0 Å². The first-order valence-electron chi connectivity index (χ1n) is 9.89. The zero-order chi connectivity index (χ0) is 20.7. The van der Waals surface area contributed by atoms with E-state index < -0.39 is 12.1 Å². The van der Waals surface area contributed by atoms with Gasteiger partial charge in [0.2, 0.25) is 0 Å². The molecule has 0 saturated carbocycles. The molecule has 1 aliphatic carbocycles. The van der Waals surface area contributed by atoms with Crippen LogP contribution >= 0.6 is 0 Å². The largest absolute Gasteiger partial charge is 0.507 e. The van der Waals surface area contributed by atoms with Gasteiger partial charge in [0.05, 0.1) is 6.10 Å². The first-order chi connectivity index (χ1) is 13.0. The van der Waals surface area contributed by atoms with Crippen molar-refractivity contribution in [2.24, 2.45) is 0 Å². The number of aliphatic hydroxyl groups excluding tert-OH is 1. The van der Waals surface area contributed by atoms with Gasteiger partial charge in [-0.05, 0) is 70.9 Å². The molecule has 0 aliphatic heterocycles. The quantitative estimate of drug-likeness (QED) is 0.672. The van der Waals surface area contributed by atoms with E-state index in [0.29, 0.717) is 12.8 Å². The molecule has 0 saturated heterocycles. The number of hydrogen-bond acceptors (Lipinski definition) is 3. The molecule has 0 radical (unpaired) electrons. The average Bonchev–Trinajstić information content (AvgIpc) is 2.63. The van der Waals surface area contributed by atoms with Gasteiger partial charge in [-0.15, -0.1) is 0 Å². The van der Waals surface area contributed by atoms with Gasteiger partial charge in [-0.25, -0.2) is 4.79 Å². The van der Waals surface area contributed by atoms with E-state index in [2.05, 4.69) is 39.8 Å². The molecule has 3 N–H and O–H groups in total. The molecule has 0 amide bonds. The number of hydrogen-bond donors (Lipinski definition) is 3. The van der Waals surface area contributed by atoms with Crippen molar-refractivity contribution in [2.45, 2.75) is 70.3 Å². The molecule has 1 unspecified atom stereocenters. The number of aromatic carboxylic acids is 1. The Kier molecular flexibility index (Phi) is 5.28. The topological polar surface area (TPSA) is 77.8 Å². The van der Waals surface area contributed by atoms with Crippen LogP contribution in [0, 0.1) is 0 Å². The molecule has 0 fully saturated rings. The lowest BCUT2D eigenvalue weighted by Gasteiger charge is -2.42. The lowest BCUT2D eigenvalue weighted by molar-refractivity contribution is 0.0693. The first kappa shape index (κ1) is 20.4.